The first-order valence-electron chi connectivity index (χ1n) is 8.19. The van der Waals surface area contributed by atoms with Crippen LogP contribution in [0, 0.1) is 5.92 Å². The highest BCUT2D eigenvalue weighted by molar-refractivity contribution is 5.96. The number of carbonyl (C=O) groups excluding carboxylic acids is 4. The summed E-state index contributed by atoms with van der Waals surface area (Å²) < 4.78 is 0. The number of aliphatic hydroxyl groups is 1. The molecule has 0 bridgehead atoms. The molecule has 0 aromatic rings. The van der Waals surface area contributed by atoms with E-state index in [1.807, 2.05) is 0 Å². The van der Waals surface area contributed by atoms with E-state index in [1.165, 1.54) is 6.92 Å². The van der Waals surface area contributed by atoms with Gasteiger partial charge >= 0.3 is 5.97 Å². The quantitative estimate of drug-likeness (QED) is 0.187. The molecule has 27 heavy (non-hydrogen) atoms. The van der Waals surface area contributed by atoms with Crippen LogP contribution in [0.15, 0.2) is 0 Å². The molecule has 0 heterocycles. The molecule has 0 saturated heterocycles. The molecule has 4 unspecified atom stereocenters. The van der Waals surface area contributed by atoms with Crippen LogP contribution >= 0.6 is 0 Å². The highest BCUT2D eigenvalue weighted by Gasteiger charge is 2.31. The molecule has 0 radical (unpaired) electrons. The van der Waals surface area contributed by atoms with Gasteiger partial charge in [-0.2, -0.15) is 0 Å². The van der Waals surface area contributed by atoms with Crippen LogP contribution in [0.2, 0.25) is 0 Å². The van der Waals surface area contributed by atoms with Crippen molar-refractivity contribution in [2.24, 2.45) is 17.4 Å². The van der Waals surface area contributed by atoms with Crippen LogP contribution in [0.5, 0.6) is 0 Å². The highest BCUT2D eigenvalue weighted by atomic mass is 16.4. The van der Waals surface area contributed by atoms with E-state index in [9.17, 15) is 29.1 Å². The summed E-state index contributed by atoms with van der Waals surface area (Å²) in [5.41, 5.74) is 10.4. The predicted molar refractivity (Wildman–Crippen MR) is 92.8 cm³/mol. The van der Waals surface area contributed by atoms with Crippen molar-refractivity contribution in [2.75, 3.05) is 6.61 Å². The number of nitrogens with two attached hydrogens (primary N) is 2. The van der Waals surface area contributed by atoms with Crippen LogP contribution in [0.25, 0.3) is 0 Å². The molecular weight excluding hydrogens is 362 g/mol. The molecule has 9 N–H and O–H groups in total. The third kappa shape index (κ3) is 8.46. The van der Waals surface area contributed by atoms with Crippen LogP contribution < -0.4 is 27.4 Å². The van der Waals surface area contributed by atoms with E-state index >= 15 is 0 Å². The number of amides is 4. The molecule has 12 nitrogen and oxygen atoms in total. The first kappa shape index (κ1) is 24.3. The second-order valence-electron chi connectivity index (χ2n) is 6.33. The lowest BCUT2D eigenvalue weighted by Crippen LogP contribution is -2.58. The molecule has 0 aliphatic carbocycles. The molecule has 0 aliphatic rings. The molecule has 4 atom stereocenters. The number of hydrogen-bond donors (Lipinski definition) is 7. The Bertz CT molecular complexity index is 579. The fourth-order valence-corrected chi connectivity index (χ4v) is 1.95. The summed E-state index contributed by atoms with van der Waals surface area (Å²) in [4.78, 5) is 58.4. The van der Waals surface area contributed by atoms with Gasteiger partial charge in [0.05, 0.1) is 19.1 Å². The molecule has 0 fully saturated rings. The Balaban J connectivity index is 5.17. The number of rotatable bonds is 11. The van der Waals surface area contributed by atoms with Gasteiger partial charge in [0.25, 0.3) is 0 Å². The lowest BCUT2D eigenvalue weighted by Gasteiger charge is -2.24. The fraction of sp³-hybridized carbons (Fsp3) is 0.667. The molecule has 0 aliphatic heterocycles. The fourth-order valence-electron chi connectivity index (χ4n) is 1.95. The topological polar surface area (TPSA) is 214 Å². The van der Waals surface area contributed by atoms with Gasteiger partial charge in [-0.1, -0.05) is 13.8 Å². The van der Waals surface area contributed by atoms with Gasteiger partial charge in [-0.05, 0) is 12.8 Å². The third-order valence-corrected chi connectivity index (χ3v) is 3.50. The Hall–Kier alpha value is -2.73. The number of aliphatic hydroxyl groups excluding tert-OH is 1. The maximum absolute atomic E-state index is 12.3. The average Bonchev–Trinajstić information content (AvgIpc) is 2.54. The molecule has 0 aromatic heterocycles. The van der Waals surface area contributed by atoms with Crippen LogP contribution in [0.4, 0.5) is 0 Å². The first-order chi connectivity index (χ1) is 12.4. The van der Waals surface area contributed by atoms with E-state index < -0.39 is 72.7 Å². The average molecular weight is 389 g/mol. The number of nitrogens with one attached hydrogen (secondary N) is 3. The van der Waals surface area contributed by atoms with Gasteiger partial charge in [-0.3, -0.25) is 19.2 Å². The summed E-state index contributed by atoms with van der Waals surface area (Å²) in [6, 6.07) is -5.11. The van der Waals surface area contributed by atoms with Crippen molar-refractivity contribution >= 4 is 29.6 Å². The maximum atomic E-state index is 12.3. The zero-order chi connectivity index (χ0) is 21.3. The molecule has 0 spiro atoms. The standard InChI is InChI=1S/C15H27N5O7/c1-6(2)11(15(26)27)20-14(25)9(5-21)19-13(24)8(4-10(17)22)18-12(23)7(3)16/h6-9,11,21H,4-5,16H2,1-3H3,(H2,17,22)(H,18,23)(H,19,24)(H,20,25)(H,26,27). The smallest absolute Gasteiger partial charge is 0.326 e. The number of aliphatic carboxylic acids is 1. The monoisotopic (exact) mass is 389 g/mol. The Kier molecular flexibility index (Phi) is 9.96. The summed E-state index contributed by atoms with van der Waals surface area (Å²) in [5.74, 6) is -5.26. The predicted octanol–water partition coefficient (Wildman–Crippen LogP) is -3.60. The van der Waals surface area contributed by atoms with E-state index in [1.54, 1.807) is 13.8 Å². The van der Waals surface area contributed by atoms with E-state index in [4.69, 9.17) is 16.6 Å². The van der Waals surface area contributed by atoms with Gasteiger partial charge < -0.3 is 37.6 Å². The van der Waals surface area contributed by atoms with Crippen LogP contribution in [-0.2, 0) is 24.0 Å². The van der Waals surface area contributed by atoms with Crippen molar-refractivity contribution in [3.8, 4) is 0 Å². The van der Waals surface area contributed by atoms with E-state index in [-0.39, 0.29) is 0 Å². The second kappa shape index (κ2) is 11.1. The summed E-state index contributed by atoms with van der Waals surface area (Å²) >= 11 is 0. The number of hydrogen-bond acceptors (Lipinski definition) is 7. The zero-order valence-corrected chi connectivity index (χ0v) is 15.4. The largest absolute Gasteiger partial charge is 0.480 e. The maximum Gasteiger partial charge on any atom is 0.326 e. The van der Waals surface area contributed by atoms with Gasteiger partial charge in [0.2, 0.25) is 23.6 Å². The van der Waals surface area contributed by atoms with E-state index in [2.05, 4.69) is 16.0 Å². The number of carboxylic acids is 1. The highest BCUT2D eigenvalue weighted by Crippen LogP contribution is 2.03. The van der Waals surface area contributed by atoms with Gasteiger partial charge in [0, 0.05) is 0 Å². The van der Waals surface area contributed by atoms with E-state index in [0.29, 0.717) is 0 Å². The lowest BCUT2D eigenvalue weighted by molar-refractivity contribution is -0.144. The van der Waals surface area contributed by atoms with Crippen molar-refractivity contribution in [1.29, 1.82) is 0 Å². The zero-order valence-electron chi connectivity index (χ0n) is 15.4. The summed E-state index contributed by atoms with van der Waals surface area (Å²) in [6.45, 7) is 3.65. The van der Waals surface area contributed by atoms with Gasteiger partial charge in [0.1, 0.15) is 18.1 Å². The molecule has 0 aromatic carbocycles. The van der Waals surface area contributed by atoms with Crippen molar-refractivity contribution in [3.05, 3.63) is 0 Å². The van der Waals surface area contributed by atoms with E-state index in [0.717, 1.165) is 0 Å². The van der Waals surface area contributed by atoms with Crippen LogP contribution in [0.3, 0.4) is 0 Å². The van der Waals surface area contributed by atoms with Gasteiger partial charge in [-0.25, -0.2) is 4.79 Å². The minimum absolute atomic E-state index is 0.450. The molecular formula is C15H27N5O7. The summed E-state index contributed by atoms with van der Waals surface area (Å²) in [5, 5.41) is 25.0. The van der Waals surface area contributed by atoms with Gasteiger partial charge in [0.15, 0.2) is 0 Å². The Morgan fingerprint density at radius 3 is 1.74 bits per heavy atom. The molecule has 154 valence electrons. The van der Waals surface area contributed by atoms with Crippen molar-refractivity contribution < 1.29 is 34.2 Å². The SMILES string of the molecule is CC(N)C(=O)NC(CC(N)=O)C(=O)NC(CO)C(=O)NC(C(=O)O)C(C)C. The Labute approximate surface area is 156 Å². The minimum atomic E-state index is -1.50. The summed E-state index contributed by atoms with van der Waals surface area (Å²) in [7, 11) is 0. The molecule has 0 rings (SSSR count). The van der Waals surface area contributed by atoms with Crippen molar-refractivity contribution in [3.63, 3.8) is 0 Å². The molecule has 12 heteroatoms. The third-order valence-electron chi connectivity index (χ3n) is 3.50. The first-order valence-corrected chi connectivity index (χ1v) is 8.19. The summed E-state index contributed by atoms with van der Waals surface area (Å²) in [6.07, 6.45) is -0.562. The second-order valence-corrected chi connectivity index (χ2v) is 6.33. The van der Waals surface area contributed by atoms with Crippen molar-refractivity contribution in [1.82, 2.24) is 16.0 Å². The van der Waals surface area contributed by atoms with Crippen molar-refractivity contribution in [2.45, 2.75) is 51.4 Å². The normalized spacial score (nSPS) is 15.2. The Morgan fingerprint density at radius 2 is 1.37 bits per heavy atom. The van der Waals surface area contributed by atoms with Gasteiger partial charge in [-0.15, -0.1) is 0 Å². The minimum Gasteiger partial charge on any atom is -0.480 e. The number of carbonyl (C=O) groups is 5. The van der Waals surface area contributed by atoms with Crippen LogP contribution in [-0.4, -0.2) is 70.6 Å². The number of carboxylic acid groups (broad SMARTS) is 1. The molecule has 0 saturated carbocycles. The van der Waals surface area contributed by atoms with Crippen LogP contribution in [0.1, 0.15) is 27.2 Å². The Morgan fingerprint density at radius 1 is 0.889 bits per heavy atom. The lowest BCUT2D eigenvalue weighted by atomic mass is 10.0. The molecule has 4 amide bonds. The number of primary amides is 1.